The first-order valence-corrected chi connectivity index (χ1v) is 11.7. The number of amides is 1. The van der Waals surface area contributed by atoms with E-state index in [2.05, 4.69) is 35.3 Å². The van der Waals surface area contributed by atoms with E-state index >= 15 is 0 Å². The lowest BCUT2D eigenvalue weighted by molar-refractivity contribution is 0.0950. The summed E-state index contributed by atoms with van der Waals surface area (Å²) < 4.78 is 17.7. The van der Waals surface area contributed by atoms with Crippen LogP contribution in [0.15, 0.2) is 36.7 Å². The summed E-state index contributed by atoms with van der Waals surface area (Å²) in [6, 6.07) is 7.59. The highest BCUT2D eigenvalue weighted by atomic mass is 32.1. The topological polar surface area (TPSA) is 100 Å². The molecule has 4 rings (SSSR count). The number of aromatic nitrogens is 4. The molecular formula is C25H27N5O4S. The van der Waals surface area contributed by atoms with Crippen molar-refractivity contribution >= 4 is 17.2 Å². The van der Waals surface area contributed by atoms with Gasteiger partial charge in [0.15, 0.2) is 11.5 Å². The maximum Gasteiger partial charge on any atom is 0.255 e. The molecule has 4 aromatic rings. The van der Waals surface area contributed by atoms with Crippen LogP contribution in [0.2, 0.25) is 0 Å². The third-order valence-corrected chi connectivity index (χ3v) is 6.55. The van der Waals surface area contributed by atoms with Crippen LogP contribution in [-0.2, 0) is 6.54 Å². The molecule has 0 radical (unpaired) electrons. The zero-order valence-electron chi connectivity index (χ0n) is 20.5. The Bertz CT molecular complexity index is 1350. The zero-order valence-corrected chi connectivity index (χ0v) is 21.3. The van der Waals surface area contributed by atoms with Crippen molar-refractivity contribution in [3.63, 3.8) is 0 Å². The van der Waals surface area contributed by atoms with E-state index in [1.165, 1.54) is 16.0 Å². The predicted octanol–water partition coefficient (Wildman–Crippen LogP) is 4.27. The van der Waals surface area contributed by atoms with Crippen LogP contribution in [0.1, 0.15) is 31.4 Å². The summed E-state index contributed by atoms with van der Waals surface area (Å²) in [4.78, 5) is 24.4. The van der Waals surface area contributed by atoms with Crippen LogP contribution in [0, 0.1) is 20.8 Å². The van der Waals surface area contributed by atoms with Crippen LogP contribution in [-0.4, -0.2) is 47.0 Å². The van der Waals surface area contributed by atoms with Crippen LogP contribution >= 0.6 is 11.3 Å². The molecule has 3 heterocycles. The molecule has 1 N–H and O–H groups in total. The Morgan fingerprint density at radius 1 is 1.06 bits per heavy atom. The fraction of sp³-hybridized carbons (Fsp3) is 0.280. The van der Waals surface area contributed by atoms with Gasteiger partial charge < -0.3 is 19.5 Å². The minimum atomic E-state index is -0.261. The van der Waals surface area contributed by atoms with Crippen molar-refractivity contribution in [1.29, 1.82) is 0 Å². The number of hydrogen-bond acceptors (Lipinski definition) is 8. The average molecular weight is 494 g/mol. The predicted molar refractivity (Wildman–Crippen MR) is 134 cm³/mol. The summed E-state index contributed by atoms with van der Waals surface area (Å²) in [5, 5.41) is 7.30. The normalized spacial score (nSPS) is 10.8. The maximum absolute atomic E-state index is 13.0. The molecule has 0 saturated heterocycles. The van der Waals surface area contributed by atoms with Gasteiger partial charge in [0.2, 0.25) is 5.75 Å². The molecule has 0 bridgehead atoms. The number of nitrogens with one attached hydrogen (secondary N) is 1. The van der Waals surface area contributed by atoms with E-state index in [-0.39, 0.29) is 12.5 Å². The van der Waals surface area contributed by atoms with E-state index < -0.39 is 0 Å². The standard InChI is InChI=1S/C25H27N5O4S/c1-14-9-18(16(3)35-14)20-7-8-26-25(29-20)30-15(2)19(13-28-30)24(31)27-12-17-10-21(32-4)23(34-6)22(11-17)33-5/h7-11,13H,12H2,1-6H3,(H,27,31). The van der Waals surface area contributed by atoms with Crippen molar-refractivity contribution in [3.8, 4) is 34.5 Å². The number of thiophene rings is 1. The summed E-state index contributed by atoms with van der Waals surface area (Å²) >= 11 is 1.73. The van der Waals surface area contributed by atoms with Gasteiger partial charge in [-0.3, -0.25) is 4.79 Å². The molecular weight excluding hydrogens is 466 g/mol. The number of benzene rings is 1. The van der Waals surface area contributed by atoms with E-state index in [1.807, 2.05) is 13.0 Å². The van der Waals surface area contributed by atoms with Crippen molar-refractivity contribution in [2.24, 2.45) is 0 Å². The summed E-state index contributed by atoms with van der Waals surface area (Å²) in [6.07, 6.45) is 3.23. The highest BCUT2D eigenvalue weighted by molar-refractivity contribution is 7.12. The first-order chi connectivity index (χ1) is 16.9. The second-order valence-electron chi connectivity index (χ2n) is 7.84. The number of carbonyl (C=O) groups is 1. The average Bonchev–Trinajstić information content (AvgIpc) is 3.42. The van der Waals surface area contributed by atoms with Crippen LogP contribution in [0.5, 0.6) is 17.2 Å². The fourth-order valence-electron chi connectivity index (χ4n) is 3.83. The van der Waals surface area contributed by atoms with Crippen molar-refractivity contribution in [1.82, 2.24) is 25.1 Å². The number of ether oxygens (including phenoxy) is 3. The Balaban J connectivity index is 1.54. The Morgan fingerprint density at radius 2 is 1.77 bits per heavy atom. The molecule has 1 amide bonds. The fourth-order valence-corrected chi connectivity index (χ4v) is 4.77. The lowest BCUT2D eigenvalue weighted by Crippen LogP contribution is -2.23. The molecule has 0 spiro atoms. The smallest absolute Gasteiger partial charge is 0.255 e. The molecule has 0 saturated carbocycles. The van der Waals surface area contributed by atoms with E-state index in [9.17, 15) is 4.79 Å². The molecule has 0 aliphatic heterocycles. The van der Waals surface area contributed by atoms with Gasteiger partial charge in [-0.25, -0.2) is 14.6 Å². The number of hydrogen-bond donors (Lipinski definition) is 1. The van der Waals surface area contributed by atoms with Gasteiger partial charge in [0.25, 0.3) is 11.9 Å². The molecule has 0 atom stereocenters. The Labute approximate surface area is 207 Å². The van der Waals surface area contributed by atoms with Crippen molar-refractivity contribution in [3.05, 3.63) is 63.2 Å². The van der Waals surface area contributed by atoms with Crippen LogP contribution in [0.3, 0.4) is 0 Å². The van der Waals surface area contributed by atoms with Gasteiger partial charge in [-0.1, -0.05) is 0 Å². The monoisotopic (exact) mass is 493 g/mol. The first kappa shape index (κ1) is 24.2. The van der Waals surface area contributed by atoms with Gasteiger partial charge in [-0.05, 0) is 50.6 Å². The van der Waals surface area contributed by atoms with Crippen LogP contribution in [0.25, 0.3) is 17.2 Å². The van der Waals surface area contributed by atoms with Gasteiger partial charge in [0.05, 0.1) is 44.5 Å². The maximum atomic E-state index is 13.0. The van der Waals surface area contributed by atoms with Gasteiger partial charge in [0.1, 0.15) is 0 Å². The number of methoxy groups -OCH3 is 3. The first-order valence-electron chi connectivity index (χ1n) is 10.9. The van der Waals surface area contributed by atoms with Gasteiger partial charge in [-0.2, -0.15) is 5.10 Å². The SMILES string of the molecule is COc1cc(CNC(=O)c2cnn(-c3nccc(-c4cc(C)sc4C)n3)c2C)cc(OC)c1OC. The summed E-state index contributed by atoms with van der Waals surface area (Å²) in [5.74, 6) is 1.69. The van der Waals surface area contributed by atoms with Gasteiger partial charge in [-0.15, -0.1) is 11.3 Å². The molecule has 35 heavy (non-hydrogen) atoms. The van der Waals surface area contributed by atoms with E-state index in [1.54, 1.807) is 55.7 Å². The lowest BCUT2D eigenvalue weighted by atomic mass is 10.1. The molecule has 3 aromatic heterocycles. The Morgan fingerprint density at radius 3 is 2.37 bits per heavy atom. The van der Waals surface area contributed by atoms with Crippen LogP contribution in [0.4, 0.5) is 0 Å². The molecule has 0 unspecified atom stereocenters. The highest BCUT2D eigenvalue weighted by Crippen LogP contribution is 2.38. The Kier molecular flexibility index (Phi) is 7.02. The lowest BCUT2D eigenvalue weighted by Gasteiger charge is -2.14. The zero-order chi connectivity index (χ0) is 25.1. The second-order valence-corrected chi connectivity index (χ2v) is 9.30. The van der Waals surface area contributed by atoms with Crippen molar-refractivity contribution < 1.29 is 19.0 Å². The summed E-state index contributed by atoms with van der Waals surface area (Å²) in [5.41, 5.74) is 3.77. The van der Waals surface area contributed by atoms with Gasteiger partial charge >= 0.3 is 0 Å². The third kappa shape index (κ3) is 4.83. The largest absolute Gasteiger partial charge is 0.493 e. The molecule has 1 aromatic carbocycles. The number of nitrogens with zero attached hydrogens (tertiary/aromatic N) is 4. The van der Waals surface area contributed by atoms with E-state index in [4.69, 9.17) is 19.2 Å². The Hall–Kier alpha value is -3.92. The molecule has 10 heteroatoms. The molecule has 0 aliphatic carbocycles. The van der Waals surface area contributed by atoms with Gasteiger partial charge in [0, 0.05) is 28.1 Å². The summed E-state index contributed by atoms with van der Waals surface area (Å²) in [6.45, 7) is 6.23. The van der Waals surface area contributed by atoms with E-state index in [0.717, 1.165) is 16.8 Å². The van der Waals surface area contributed by atoms with E-state index in [0.29, 0.717) is 34.5 Å². The second kappa shape index (κ2) is 10.1. The highest BCUT2D eigenvalue weighted by Gasteiger charge is 2.18. The summed E-state index contributed by atoms with van der Waals surface area (Å²) in [7, 11) is 4.65. The number of carbonyl (C=O) groups excluding carboxylic acids is 1. The minimum Gasteiger partial charge on any atom is -0.493 e. The third-order valence-electron chi connectivity index (χ3n) is 5.58. The molecule has 9 nitrogen and oxygen atoms in total. The molecule has 0 aliphatic rings. The van der Waals surface area contributed by atoms with Crippen molar-refractivity contribution in [2.75, 3.05) is 21.3 Å². The van der Waals surface area contributed by atoms with Crippen molar-refractivity contribution in [2.45, 2.75) is 27.3 Å². The number of rotatable bonds is 8. The quantitative estimate of drug-likeness (QED) is 0.391. The number of aryl methyl sites for hydroxylation is 2. The molecule has 0 fully saturated rings. The molecule has 182 valence electrons. The minimum absolute atomic E-state index is 0.261. The van der Waals surface area contributed by atoms with Crippen LogP contribution < -0.4 is 19.5 Å².